The molecule has 0 bridgehead atoms. The molecule has 1 heterocycles. The molecule has 0 radical (unpaired) electrons. The number of aryl methyl sites for hydroxylation is 1. The van der Waals surface area contributed by atoms with Crippen molar-refractivity contribution < 1.29 is 9.90 Å². The van der Waals surface area contributed by atoms with E-state index in [-0.39, 0.29) is 6.54 Å². The molecule has 21 heavy (non-hydrogen) atoms. The van der Waals surface area contributed by atoms with Gasteiger partial charge in [-0.05, 0) is 38.5 Å². The van der Waals surface area contributed by atoms with Gasteiger partial charge in [-0.1, -0.05) is 0 Å². The van der Waals surface area contributed by atoms with Crippen LogP contribution in [0.5, 0.6) is 0 Å². The van der Waals surface area contributed by atoms with Crippen LogP contribution >= 0.6 is 0 Å². The molecule has 0 saturated heterocycles. The predicted octanol–water partition coefficient (Wildman–Crippen LogP) is 1.52. The van der Waals surface area contributed by atoms with Gasteiger partial charge in [0.05, 0.1) is 6.54 Å². The maximum Gasteiger partial charge on any atom is 0.317 e. The van der Waals surface area contributed by atoms with Gasteiger partial charge in [-0.15, -0.1) is 0 Å². The number of carboxylic acid groups (broad SMARTS) is 1. The van der Waals surface area contributed by atoms with Crippen molar-refractivity contribution in [3.63, 3.8) is 0 Å². The first-order valence-corrected chi connectivity index (χ1v) is 7.61. The molecule has 0 spiro atoms. The van der Waals surface area contributed by atoms with E-state index in [1.54, 1.807) is 6.33 Å². The zero-order valence-corrected chi connectivity index (χ0v) is 12.3. The molecule has 0 atom stereocenters. The van der Waals surface area contributed by atoms with Crippen LogP contribution in [-0.4, -0.2) is 51.1 Å². The Morgan fingerprint density at radius 1 is 1.43 bits per heavy atom. The van der Waals surface area contributed by atoms with Gasteiger partial charge >= 0.3 is 5.97 Å². The fourth-order valence-electron chi connectivity index (χ4n) is 2.89. The largest absolute Gasteiger partial charge is 0.480 e. The Labute approximate surface area is 124 Å². The van der Waals surface area contributed by atoms with Crippen molar-refractivity contribution in [1.29, 1.82) is 0 Å². The van der Waals surface area contributed by atoms with Gasteiger partial charge in [-0.25, -0.2) is 9.97 Å². The smallest absolute Gasteiger partial charge is 0.317 e. The van der Waals surface area contributed by atoms with E-state index in [9.17, 15) is 4.79 Å². The second-order valence-electron chi connectivity index (χ2n) is 6.28. The topological polar surface area (TPSA) is 78.4 Å². The van der Waals surface area contributed by atoms with Gasteiger partial charge in [-0.2, -0.15) is 0 Å². The highest BCUT2D eigenvalue weighted by molar-refractivity contribution is 5.69. The fourth-order valence-corrected chi connectivity index (χ4v) is 2.89. The molecule has 6 nitrogen and oxygen atoms in total. The lowest BCUT2D eigenvalue weighted by Gasteiger charge is -2.43. The summed E-state index contributed by atoms with van der Waals surface area (Å²) < 4.78 is 0. The lowest BCUT2D eigenvalue weighted by molar-refractivity contribution is -0.139. The third kappa shape index (κ3) is 3.91. The minimum absolute atomic E-state index is 0.167. The van der Waals surface area contributed by atoms with Gasteiger partial charge in [0.25, 0.3) is 0 Å². The molecule has 2 saturated carbocycles. The number of hydrogen-bond acceptors (Lipinski definition) is 5. The van der Waals surface area contributed by atoms with Gasteiger partial charge in [0.15, 0.2) is 0 Å². The van der Waals surface area contributed by atoms with E-state index in [0.717, 1.165) is 36.8 Å². The van der Waals surface area contributed by atoms with E-state index >= 15 is 0 Å². The average molecular weight is 290 g/mol. The summed E-state index contributed by atoms with van der Waals surface area (Å²) in [6, 6.07) is 2.72. The molecule has 1 aromatic heterocycles. The lowest BCUT2D eigenvalue weighted by atomic mass is 9.85. The molecule has 0 aliphatic heterocycles. The number of aliphatic carboxylic acids is 1. The number of anilines is 1. The Morgan fingerprint density at radius 2 is 2.19 bits per heavy atom. The standard InChI is InChI=1S/C15H22N4O2/c1-10-4-14(17-9-16-10)18-12-5-13(6-12)19(8-15(20)21)7-11-2-3-11/h4,9,11-13H,2-3,5-8H2,1H3,(H,20,21)(H,16,17,18). The van der Waals surface area contributed by atoms with E-state index in [1.165, 1.54) is 12.8 Å². The zero-order valence-electron chi connectivity index (χ0n) is 12.3. The van der Waals surface area contributed by atoms with Crippen LogP contribution in [0.15, 0.2) is 12.4 Å². The molecule has 3 rings (SSSR count). The van der Waals surface area contributed by atoms with Crippen LogP contribution in [-0.2, 0) is 4.79 Å². The summed E-state index contributed by atoms with van der Waals surface area (Å²) in [5.74, 6) is 0.859. The Kier molecular flexibility index (Phi) is 4.05. The molecule has 0 aromatic carbocycles. The fraction of sp³-hybridized carbons (Fsp3) is 0.667. The maximum atomic E-state index is 11.0. The van der Waals surface area contributed by atoms with Gasteiger partial charge < -0.3 is 10.4 Å². The van der Waals surface area contributed by atoms with Crippen molar-refractivity contribution in [2.24, 2.45) is 5.92 Å². The summed E-state index contributed by atoms with van der Waals surface area (Å²) >= 11 is 0. The molecular weight excluding hydrogens is 268 g/mol. The normalized spacial score (nSPS) is 24.7. The van der Waals surface area contributed by atoms with Crippen LogP contribution in [0.4, 0.5) is 5.82 Å². The summed E-state index contributed by atoms with van der Waals surface area (Å²) in [6.07, 6.45) is 6.05. The molecule has 1 aromatic rings. The minimum Gasteiger partial charge on any atom is -0.480 e. The van der Waals surface area contributed by atoms with Crippen LogP contribution in [0, 0.1) is 12.8 Å². The average Bonchev–Trinajstić information content (AvgIpc) is 3.16. The second-order valence-corrected chi connectivity index (χ2v) is 6.28. The molecule has 2 fully saturated rings. The molecule has 2 aliphatic rings. The van der Waals surface area contributed by atoms with Crippen LogP contribution in [0.1, 0.15) is 31.4 Å². The lowest BCUT2D eigenvalue weighted by Crippen LogP contribution is -2.52. The van der Waals surface area contributed by atoms with Gasteiger partial charge in [0.1, 0.15) is 12.1 Å². The number of carboxylic acids is 1. The third-order valence-corrected chi connectivity index (χ3v) is 4.31. The number of rotatable bonds is 7. The van der Waals surface area contributed by atoms with Gasteiger partial charge in [0, 0.05) is 30.4 Å². The first-order chi connectivity index (χ1) is 10.1. The molecule has 0 unspecified atom stereocenters. The van der Waals surface area contributed by atoms with Crippen molar-refractivity contribution >= 4 is 11.8 Å². The molecule has 2 aliphatic carbocycles. The second kappa shape index (κ2) is 5.97. The first-order valence-electron chi connectivity index (χ1n) is 7.61. The Morgan fingerprint density at radius 3 is 2.81 bits per heavy atom. The van der Waals surface area contributed by atoms with E-state index in [1.807, 2.05) is 13.0 Å². The summed E-state index contributed by atoms with van der Waals surface area (Å²) in [4.78, 5) is 21.4. The van der Waals surface area contributed by atoms with E-state index in [2.05, 4.69) is 20.2 Å². The summed E-state index contributed by atoms with van der Waals surface area (Å²) in [5, 5.41) is 12.4. The highest BCUT2D eigenvalue weighted by atomic mass is 16.4. The van der Waals surface area contributed by atoms with Crippen LogP contribution in [0.3, 0.4) is 0 Å². The number of nitrogens with one attached hydrogen (secondary N) is 1. The Hall–Kier alpha value is -1.69. The van der Waals surface area contributed by atoms with Crippen molar-refractivity contribution in [3.8, 4) is 0 Å². The SMILES string of the molecule is Cc1cc(NC2CC(N(CC(=O)O)CC3CC3)C2)ncn1. The summed E-state index contributed by atoms with van der Waals surface area (Å²) in [6.45, 7) is 3.05. The summed E-state index contributed by atoms with van der Waals surface area (Å²) in [5.41, 5.74) is 0.949. The molecule has 0 amide bonds. The first kappa shape index (κ1) is 14.3. The van der Waals surface area contributed by atoms with Crippen molar-refractivity contribution in [3.05, 3.63) is 18.1 Å². The van der Waals surface area contributed by atoms with Crippen molar-refractivity contribution in [1.82, 2.24) is 14.9 Å². The Bertz CT molecular complexity index is 512. The summed E-state index contributed by atoms with van der Waals surface area (Å²) in [7, 11) is 0. The Balaban J connectivity index is 1.49. The zero-order chi connectivity index (χ0) is 14.8. The molecule has 2 N–H and O–H groups in total. The maximum absolute atomic E-state index is 11.0. The monoisotopic (exact) mass is 290 g/mol. The van der Waals surface area contributed by atoms with Crippen molar-refractivity contribution in [2.45, 2.75) is 44.7 Å². The van der Waals surface area contributed by atoms with E-state index in [4.69, 9.17) is 5.11 Å². The predicted molar refractivity (Wildman–Crippen MR) is 79.1 cm³/mol. The number of aromatic nitrogens is 2. The number of nitrogens with zero attached hydrogens (tertiary/aromatic N) is 3. The molecular formula is C15H22N4O2. The third-order valence-electron chi connectivity index (χ3n) is 4.31. The van der Waals surface area contributed by atoms with Gasteiger partial charge in [0.2, 0.25) is 0 Å². The van der Waals surface area contributed by atoms with E-state index < -0.39 is 5.97 Å². The number of carbonyl (C=O) groups is 1. The van der Waals surface area contributed by atoms with Crippen LogP contribution in [0.25, 0.3) is 0 Å². The van der Waals surface area contributed by atoms with Gasteiger partial charge in [-0.3, -0.25) is 9.69 Å². The quantitative estimate of drug-likeness (QED) is 0.793. The molecule has 6 heteroatoms. The van der Waals surface area contributed by atoms with Crippen LogP contribution < -0.4 is 5.32 Å². The van der Waals surface area contributed by atoms with E-state index in [0.29, 0.717) is 12.1 Å². The van der Waals surface area contributed by atoms with Crippen molar-refractivity contribution in [2.75, 3.05) is 18.4 Å². The highest BCUT2D eigenvalue weighted by Gasteiger charge is 2.37. The number of hydrogen-bond donors (Lipinski definition) is 2. The highest BCUT2D eigenvalue weighted by Crippen LogP contribution is 2.34. The minimum atomic E-state index is -0.724. The molecule has 114 valence electrons. The van der Waals surface area contributed by atoms with Crippen LogP contribution in [0.2, 0.25) is 0 Å².